The van der Waals surface area contributed by atoms with Crippen molar-refractivity contribution in [2.75, 3.05) is 6.54 Å². The molecule has 1 rings (SSSR count). The molecule has 0 radical (unpaired) electrons. The van der Waals surface area contributed by atoms with E-state index in [4.69, 9.17) is 17.3 Å². The molecule has 0 aromatic heterocycles. The monoisotopic (exact) mass is 268 g/mol. The smallest absolute Gasteiger partial charge is 0.230 e. The number of carbonyl (C=O) groups excluding carboxylic acids is 1. The molecule has 0 heterocycles. The van der Waals surface area contributed by atoms with E-state index >= 15 is 0 Å². The van der Waals surface area contributed by atoms with E-state index in [2.05, 4.69) is 5.32 Å². The largest absolute Gasteiger partial charge is 0.355 e. The highest BCUT2D eigenvalue weighted by Gasteiger charge is 2.29. The number of hydrogen-bond donors (Lipinski definition) is 2. The van der Waals surface area contributed by atoms with Gasteiger partial charge >= 0.3 is 0 Å². The first-order valence-corrected chi connectivity index (χ1v) is 6.51. The molecule has 0 saturated heterocycles. The molecular formula is C14H21ClN2O. The molecule has 0 aliphatic carbocycles. The Hall–Kier alpha value is -1.06. The Morgan fingerprint density at radius 3 is 2.72 bits per heavy atom. The number of hydrogen-bond acceptors (Lipinski definition) is 2. The second-order valence-corrected chi connectivity index (χ2v) is 5.59. The fourth-order valence-corrected chi connectivity index (χ4v) is 1.83. The SMILES string of the molecule is CC(N)CCNC(=O)C(C)(C)c1cccc(Cl)c1. The third-order valence-electron chi connectivity index (χ3n) is 3.00. The summed E-state index contributed by atoms with van der Waals surface area (Å²) in [5.74, 6) is -0.00887. The molecule has 4 heteroatoms. The topological polar surface area (TPSA) is 55.1 Å². The Morgan fingerprint density at radius 1 is 1.50 bits per heavy atom. The molecule has 1 aromatic rings. The summed E-state index contributed by atoms with van der Waals surface area (Å²) < 4.78 is 0. The van der Waals surface area contributed by atoms with Crippen LogP contribution in [0.3, 0.4) is 0 Å². The molecule has 0 bridgehead atoms. The summed E-state index contributed by atoms with van der Waals surface area (Å²) in [6.45, 7) is 6.30. The van der Waals surface area contributed by atoms with E-state index < -0.39 is 5.41 Å². The number of rotatable bonds is 5. The number of benzene rings is 1. The average molecular weight is 269 g/mol. The Morgan fingerprint density at radius 2 is 2.17 bits per heavy atom. The first-order valence-electron chi connectivity index (χ1n) is 6.14. The Bertz CT molecular complexity index is 416. The molecule has 3 nitrogen and oxygen atoms in total. The van der Waals surface area contributed by atoms with Gasteiger partial charge in [0, 0.05) is 17.6 Å². The van der Waals surface area contributed by atoms with E-state index in [9.17, 15) is 4.79 Å². The molecule has 18 heavy (non-hydrogen) atoms. The average Bonchev–Trinajstić information content (AvgIpc) is 2.28. The van der Waals surface area contributed by atoms with Gasteiger partial charge in [-0.25, -0.2) is 0 Å². The molecule has 3 N–H and O–H groups in total. The van der Waals surface area contributed by atoms with Crippen molar-refractivity contribution in [3.63, 3.8) is 0 Å². The minimum atomic E-state index is -0.595. The van der Waals surface area contributed by atoms with Crippen molar-refractivity contribution in [2.45, 2.75) is 38.6 Å². The molecule has 100 valence electrons. The van der Waals surface area contributed by atoms with Gasteiger partial charge in [0.05, 0.1) is 5.41 Å². The third kappa shape index (κ3) is 4.00. The van der Waals surface area contributed by atoms with Crippen LogP contribution in [0.2, 0.25) is 5.02 Å². The van der Waals surface area contributed by atoms with Crippen LogP contribution < -0.4 is 11.1 Å². The fraction of sp³-hybridized carbons (Fsp3) is 0.500. The number of nitrogens with one attached hydrogen (secondary N) is 1. The van der Waals surface area contributed by atoms with Crippen molar-refractivity contribution in [1.82, 2.24) is 5.32 Å². The summed E-state index contributed by atoms with van der Waals surface area (Å²) in [6.07, 6.45) is 0.775. The molecule has 0 fully saturated rings. The first-order chi connectivity index (χ1) is 8.34. The van der Waals surface area contributed by atoms with Crippen LogP contribution in [0.5, 0.6) is 0 Å². The summed E-state index contributed by atoms with van der Waals surface area (Å²) in [7, 11) is 0. The summed E-state index contributed by atoms with van der Waals surface area (Å²) in [4.78, 5) is 12.2. The Kier molecular flexibility index (Phi) is 5.17. The zero-order valence-corrected chi connectivity index (χ0v) is 11.9. The summed E-state index contributed by atoms with van der Waals surface area (Å²) in [6, 6.07) is 7.49. The number of halogens is 1. The van der Waals surface area contributed by atoms with Crippen LogP contribution in [-0.4, -0.2) is 18.5 Å². The Balaban J connectivity index is 2.70. The van der Waals surface area contributed by atoms with Crippen molar-refractivity contribution in [2.24, 2.45) is 5.73 Å². The summed E-state index contributed by atoms with van der Waals surface area (Å²) in [5.41, 5.74) is 5.97. The van der Waals surface area contributed by atoms with Crippen LogP contribution in [0.15, 0.2) is 24.3 Å². The minimum absolute atomic E-state index is 0.00887. The van der Waals surface area contributed by atoms with Gasteiger partial charge < -0.3 is 11.1 Å². The highest BCUT2D eigenvalue weighted by Crippen LogP contribution is 2.25. The van der Waals surface area contributed by atoms with E-state index in [-0.39, 0.29) is 11.9 Å². The van der Waals surface area contributed by atoms with E-state index in [1.165, 1.54) is 0 Å². The molecule has 0 saturated carbocycles. The van der Waals surface area contributed by atoms with Crippen LogP contribution in [0.4, 0.5) is 0 Å². The van der Waals surface area contributed by atoms with E-state index in [0.717, 1.165) is 12.0 Å². The highest BCUT2D eigenvalue weighted by molar-refractivity contribution is 6.30. The standard InChI is InChI=1S/C14H21ClN2O/c1-10(16)7-8-17-13(18)14(2,3)11-5-4-6-12(15)9-11/h4-6,9-10H,7-8,16H2,1-3H3,(H,17,18). The van der Waals surface area contributed by atoms with Crippen molar-refractivity contribution in [3.8, 4) is 0 Å². The molecule has 0 aliphatic heterocycles. The van der Waals surface area contributed by atoms with E-state index in [1.807, 2.05) is 39.0 Å². The lowest BCUT2D eigenvalue weighted by atomic mass is 9.83. The fourth-order valence-electron chi connectivity index (χ4n) is 1.64. The van der Waals surface area contributed by atoms with Crippen molar-refractivity contribution >= 4 is 17.5 Å². The van der Waals surface area contributed by atoms with Gasteiger partial charge in [-0.3, -0.25) is 4.79 Å². The second kappa shape index (κ2) is 6.21. The van der Waals surface area contributed by atoms with Crippen molar-refractivity contribution in [3.05, 3.63) is 34.9 Å². The molecule has 0 spiro atoms. The predicted molar refractivity (Wildman–Crippen MR) is 75.8 cm³/mol. The highest BCUT2D eigenvalue weighted by atomic mass is 35.5. The van der Waals surface area contributed by atoms with Gasteiger partial charge in [-0.2, -0.15) is 0 Å². The van der Waals surface area contributed by atoms with Crippen LogP contribution >= 0.6 is 11.6 Å². The maximum atomic E-state index is 12.2. The van der Waals surface area contributed by atoms with E-state index in [0.29, 0.717) is 11.6 Å². The normalized spacial score (nSPS) is 13.2. The number of carbonyl (C=O) groups is 1. The zero-order valence-electron chi connectivity index (χ0n) is 11.2. The van der Waals surface area contributed by atoms with Gasteiger partial charge in [0.2, 0.25) is 5.91 Å². The Labute approximate surface area is 114 Å². The predicted octanol–water partition coefficient (Wildman–Crippen LogP) is 2.47. The van der Waals surface area contributed by atoms with Gasteiger partial charge in [-0.05, 0) is 44.9 Å². The van der Waals surface area contributed by atoms with Crippen molar-refractivity contribution < 1.29 is 4.79 Å². The lowest BCUT2D eigenvalue weighted by Gasteiger charge is -2.24. The minimum Gasteiger partial charge on any atom is -0.355 e. The molecule has 1 atom stereocenters. The van der Waals surface area contributed by atoms with Gasteiger partial charge in [0.25, 0.3) is 0 Å². The van der Waals surface area contributed by atoms with Crippen LogP contribution in [0.25, 0.3) is 0 Å². The quantitative estimate of drug-likeness (QED) is 0.862. The molecule has 1 aromatic carbocycles. The lowest BCUT2D eigenvalue weighted by molar-refractivity contribution is -0.125. The number of nitrogens with two attached hydrogens (primary N) is 1. The second-order valence-electron chi connectivity index (χ2n) is 5.16. The first kappa shape index (κ1) is 15.0. The van der Waals surface area contributed by atoms with Gasteiger partial charge in [0.1, 0.15) is 0 Å². The third-order valence-corrected chi connectivity index (χ3v) is 3.23. The lowest BCUT2D eigenvalue weighted by Crippen LogP contribution is -2.41. The molecule has 1 unspecified atom stereocenters. The van der Waals surface area contributed by atoms with E-state index in [1.54, 1.807) is 6.07 Å². The molecular weight excluding hydrogens is 248 g/mol. The molecule has 1 amide bonds. The summed E-state index contributed by atoms with van der Waals surface area (Å²) in [5, 5.41) is 3.55. The van der Waals surface area contributed by atoms with Crippen molar-refractivity contribution in [1.29, 1.82) is 0 Å². The zero-order chi connectivity index (χ0) is 13.8. The van der Waals surface area contributed by atoms with Gasteiger partial charge in [-0.15, -0.1) is 0 Å². The molecule has 0 aliphatic rings. The van der Waals surface area contributed by atoms with Crippen LogP contribution in [0, 0.1) is 0 Å². The number of amides is 1. The maximum absolute atomic E-state index is 12.2. The van der Waals surface area contributed by atoms with Gasteiger partial charge in [0.15, 0.2) is 0 Å². The summed E-state index contributed by atoms with van der Waals surface area (Å²) >= 11 is 5.95. The van der Waals surface area contributed by atoms with Crippen LogP contribution in [-0.2, 0) is 10.2 Å². The van der Waals surface area contributed by atoms with Gasteiger partial charge in [-0.1, -0.05) is 23.7 Å². The van der Waals surface area contributed by atoms with Crippen LogP contribution in [0.1, 0.15) is 32.8 Å². The maximum Gasteiger partial charge on any atom is 0.230 e.